The predicted molar refractivity (Wildman–Crippen MR) is 87.8 cm³/mol. The van der Waals surface area contributed by atoms with Gasteiger partial charge in [0.2, 0.25) is 0 Å². The maximum Gasteiger partial charge on any atom is 0.416 e. The van der Waals surface area contributed by atoms with E-state index < -0.39 is 35.2 Å². The molecule has 3 nitrogen and oxygen atoms in total. The van der Waals surface area contributed by atoms with Gasteiger partial charge in [-0.2, -0.15) is 13.2 Å². The van der Waals surface area contributed by atoms with Crippen LogP contribution in [0.4, 0.5) is 27.6 Å². The van der Waals surface area contributed by atoms with Crippen molar-refractivity contribution in [2.24, 2.45) is 0 Å². The highest BCUT2D eigenvalue weighted by Gasteiger charge is 2.33. The molecule has 0 bridgehead atoms. The number of alkyl halides is 4. The number of nitrogens with one attached hydrogen (secondary N) is 1. The van der Waals surface area contributed by atoms with Crippen LogP contribution in [-0.4, -0.2) is 23.6 Å². The van der Waals surface area contributed by atoms with Gasteiger partial charge < -0.3 is 15.2 Å². The highest BCUT2D eigenvalue weighted by Crippen LogP contribution is 2.37. The van der Waals surface area contributed by atoms with E-state index in [0.717, 1.165) is 0 Å². The van der Waals surface area contributed by atoms with Gasteiger partial charge in [0.1, 0.15) is 5.75 Å². The minimum Gasteiger partial charge on any atom is -0.451 e. The Kier molecular flexibility index (Phi) is 6.30. The molecule has 0 saturated carbocycles. The molecule has 0 fully saturated rings. The lowest BCUT2D eigenvalue weighted by molar-refractivity contribution is -0.138. The van der Waals surface area contributed by atoms with Crippen molar-refractivity contribution in [2.45, 2.75) is 19.2 Å². The summed E-state index contributed by atoms with van der Waals surface area (Å²) in [6.45, 7) is 1.72. The summed E-state index contributed by atoms with van der Waals surface area (Å²) in [5.74, 6) is -3.79. The van der Waals surface area contributed by atoms with Gasteiger partial charge in [0.15, 0.2) is 17.4 Å². The molecule has 2 rings (SSSR count). The third-order valence-electron chi connectivity index (χ3n) is 3.53. The summed E-state index contributed by atoms with van der Waals surface area (Å²) in [4.78, 5) is 0. The SMILES string of the molecule is Cc1c(NCC(O)CCl)cccc1Oc1c(F)cc(C(F)(F)F)cc1F. The molecule has 2 aromatic rings. The quantitative estimate of drug-likeness (QED) is 0.528. The second kappa shape index (κ2) is 8.09. The van der Waals surface area contributed by atoms with Crippen molar-refractivity contribution in [3.8, 4) is 11.5 Å². The van der Waals surface area contributed by atoms with E-state index in [-0.39, 0.29) is 30.3 Å². The fourth-order valence-corrected chi connectivity index (χ4v) is 2.24. The summed E-state index contributed by atoms with van der Waals surface area (Å²) >= 11 is 5.50. The smallest absolute Gasteiger partial charge is 0.416 e. The van der Waals surface area contributed by atoms with E-state index in [1.54, 1.807) is 13.0 Å². The monoisotopic (exact) mass is 395 g/mol. The third kappa shape index (κ3) is 4.76. The van der Waals surface area contributed by atoms with Crippen LogP contribution in [0.15, 0.2) is 30.3 Å². The van der Waals surface area contributed by atoms with Crippen molar-refractivity contribution in [1.29, 1.82) is 0 Å². The molecule has 9 heteroatoms. The number of rotatable bonds is 6. The van der Waals surface area contributed by atoms with Crippen molar-refractivity contribution < 1.29 is 31.8 Å². The Bertz CT molecular complexity index is 759. The zero-order valence-electron chi connectivity index (χ0n) is 13.5. The van der Waals surface area contributed by atoms with Crippen LogP contribution in [0.1, 0.15) is 11.1 Å². The van der Waals surface area contributed by atoms with Gasteiger partial charge in [0.25, 0.3) is 0 Å². The van der Waals surface area contributed by atoms with Gasteiger partial charge >= 0.3 is 6.18 Å². The van der Waals surface area contributed by atoms with Crippen LogP contribution in [0.2, 0.25) is 0 Å². The van der Waals surface area contributed by atoms with Crippen molar-refractivity contribution in [1.82, 2.24) is 0 Å². The second-order valence-corrected chi connectivity index (χ2v) is 5.80. The summed E-state index contributed by atoms with van der Waals surface area (Å²) in [5.41, 5.74) is -0.477. The Morgan fingerprint density at radius 1 is 1.19 bits per heavy atom. The number of aliphatic hydroxyl groups excluding tert-OH is 1. The first kappa shape index (κ1) is 20.3. The largest absolute Gasteiger partial charge is 0.451 e. The first-order chi connectivity index (χ1) is 12.1. The third-order valence-corrected chi connectivity index (χ3v) is 3.88. The van der Waals surface area contributed by atoms with Crippen LogP contribution < -0.4 is 10.1 Å². The first-order valence-corrected chi connectivity index (χ1v) is 7.98. The number of aliphatic hydroxyl groups is 1. The van der Waals surface area contributed by atoms with Gasteiger partial charge in [-0.05, 0) is 31.2 Å². The Balaban J connectivity index is 2.29. The average Bonchev–Trinajstić information content (AvgIpc) is 2.57. The number of anilines is 1. The fourth-order valence-electron chi connectivity index (χ4n) is 2.13. The van der Waals surface area contributed by atoms with Crippen LogP contribution in [0.5, 0.6) is 11.5 Å². The number of hydrogen-bond acceptors (Lipinski definition) is 3. The molecule has 0 saturated heterocycles. The molecule has 0 aromatic heterocycles. The van der Waals surface area contributed by atoms with Crippen molar-refractivity contribution >= 4 is 17.3 Å². The molecule has 26 heavy (non-hydrogen) atoms. The van der Waals surface area contributed by atoms with Crippen LogP contribution in [0.25, 0.3) is 0 Å². The fraction of sp³-hybridized carbons (Fsp3) is 0.294. The molecule has 142 valence electrons. The number of ether oxygens (including phenoxy) is 1. The second-order valence-electron chi connectivity index (χ2n) is 5.49. The van der Waals surface area contributed by atoms with E-state index in [1.165, 1.54) is 12.1 Å². The molecule has 0 aliphatic carbocycles. The lowest BCUT2D eigenvalue weighted by atomic mass is 10.1. The molecule has 0 heterocycles. The highest BCUT2D eigenvalue weighted by molar-refractivity contribution is 6.18. The number of hydrogen-bond donors (Lipinski definition) is 2. The first-order valence-electron chi connectivity index (χ1n) is 7.45. The van der Waals surface area contributed by atoms with Crippen LogP contribution in [0.3, 0.4) is 0 Å². The van der Waals surface area contributed by atoms with Crippen molar-refractivity contribution in [3.63, 3.8) is 0 Å². The Labute approximate surface area is 151 Å². The van der Waals surface area contributed by atoms with E-state index >= 15 is 0 Å². The van der Waals surface area contributed by atoms with Crippen LogP contribution >= 0.6 is 11.6 Å². The summed E-state index contributed by atoms with van der Waals surface area (Å²) in [6.07, 6.45) is -5.67. The number of benzene rings is 2. The van der Waals surface area contributed by atoms with Gasteiger partial charge in [0.05, 0.1) is 17.5 Å². The molecule has 1 unspecified atom stereocenters. The van der Waals surface area contributed by atoms with Crippen LogP contribution in [-0.2, 0) is 6.18 Å². The Morgan fingerprint density at radius 2 is 1.81 bits per heavy atom. The van der Waals surface area contributed by atoms with E-state index in [9.17, 15) is 27.1 Å². The van der Waals surface area contributed by atoms with Crippen molar-refractivity contribution in [2.75, 3.05) is 17.7 Å². The minimum atomic E-state index is -4.87. The maximum absolute atomic E-state index is 13.9. The molecule has 0 radical (unpaired) electrons. The van der Waals surface area contributed by atoms with Crippen molar-refractivity contribution in [3.05, 3.63) is 53.1 Å². The predicted octanol–water partition coefficient (Wildman–Crippen LogP) is 5.10. The van der Waals surface area contributed by atoms with Gasteiger partial charge in [0, 0.05) is 17.8 Å². The molecule has 0 aliphatic heterocycles. The van der Waals surface area contributed by atoms with Gasteiger partial charge in [-0.15, -0.1) is 11.6 Å². The van der Waals surface area contributed by atoms with Gasteiger partial charge in [-0.1, -0.05) is 6.07 Å². The summed E-state index contributed by atoms with van der Waals surface area (Å²) in [7, 11) is 0. The van der Waals surface area contributed by atoms with E-state index in [2.05, 4.69) is 5.32 Å². The molecule has 0 amide bonds. The average molecular weight is 396 g/mol. The minimum absolute atomic E-state index is 0.0181. The summed E-state index contributed by atoms with van der Waals surface area (Å²) < 4.78 is 70.8. The standard InChI is InChI=1S/C17H15ClF5NO2/c1-9-14(24-8-11(25)7-18)3-2-4-15(9)26-16-12(19)5-10(6-13(16)20)17(21,22)23/h2-6,11,24-25H,7-8H2,1H3. The summed E-state index contributed by atoms with van der Waals surface area (Å²) in [5, 5.41) is 12.4. The molecule has 0 spiro atoms. The van der Waals surface area contributed by atoms with Gasteiger partial charge in [-0.3, -0.25) is 0 Å². The molecular formula is C17H15ClF5NO2. The normalized spacial score (nSPS) is 12.8. The Hall–Kier alpha value is -2.06. The topological polar surface area (TPSA) is 41.5 Å². The lowest BCUT2D eigenvalue weighted by Gasteiger charge is -2.16. The molecule has 1 atom stereocenters. The lowest BCUT2D eigenvalue weighted by Crippen LogP contribution is -2.21. The van der Waals surface area contributed by atoms with E-state index in [1.807, 2.05) is 0 Å². The molecule has 2 N–H and O–H groups in total. The van der Waals surface area contributed by atoms with Gasteiger partial charge in [-0.25, -0.2) is 8.78 Å². The molecule has 2 aromatic carbocycles. The molecule has 0 aliphatic rings. The zero-order valence-corrected chi connectivity index (χ0v) is 14.3. The molecular weight excluding hydrogens is 381 g/mol. The summed E-state index contributed by atoms with van der Waals surface area (Å²) in [6, 6.07) is 4.93. The maximum atomic E-state index is 13.9. The number of halogens is 6. The zero-order chi connectivity index (χ0) is 19.5. The Morgan fingerprint density at radius 3 is 2.35 bits per heavy atom. The highest BCUT2D eigenvalue weighted by atomic mass is 35.5. The van der Waals surface area contributed by atoms with E-state index in [4.69, 9.17) is 16.3 Å². The van der Waals surface area contributed by atoms with Crippen LogP contribution in [0, 0.1) is 18.6 Å². The van der Waals surface area contributed by atoms with E-state index in [0.29, 0.717) is 11.3 Å².